The van der Waals surface area contributed by atoms with Crippen molar-refractivity contribution >= 4 is 40.9 Å². The molecule has 3 aromatic rings. The summed E-state index contributed by atoms with van der Waals surface area (Å²) in [5.74, 6) is -0.599. The molecule has 1 saturated heterocycles. The van der Waals surface area contributed by atoms with E-state index in [0.717, 1.165) is 21.6 Å². The summed E-state index contributed by atoms with van der Waals surface area (Å²) < 4.78 is -0.563. The van der Waals surface area contributed by atoms with Gasteiger partial charge in [-0.1, -0.05) is 60.7 Å². The van der Waals surface area contributed by atoms with Gasteiger partial charge in [-0.2, -0.15) is 0 Å². The van der Waals surface area contributed by atoms with Gasteiger partial charge in [-0.05, 0) is 61.7 Å². The topological polar surface area (TPSA) is 111 Å². The number of hydrogen-bond donors (Lipinski definition) is 4. The summed E-state index contributed by atoms with van der Waals surface area (Å²) in [7, 11) is 0. The molecule has 4 amide bonds. The lowest BCUT2D eigenvalue weighted by molar-refractivity contribution is -0.147. The quantitative estimate of drug-likeness (QED) is 0.270. The average molecular weight is 595 g/mol. The lowest BCUT2D eigenvalue weighted by Gasteiger charge is -2.33. The Morgan fingerprint density at radius 1 is 1.02 bits per heavy atom. The first kappa shape index (κ1) is 30.6. The number of thioether (sulfide) groups is 1. The number of carbonyl (C=O) groups is 3. The molecular weight excluding hydrogens is 556 g/mol. The zero-order valence-corrected chi connectivity index (χ0v) is 25.3. The Balaban J connectivity index is 1.45. The third-order valence-corrected chi connectivity index (χ3v) is 9.59. The number of thiophene rings is 1. The molecule has 4 rings (SSSR count). The molecule has 2 heterocycles. The molecule has 0 aliphatic carbocycles. The normalized spacial score (nSPS) is 17.5. The smallest absolute Gasteiger partial charge is 0.315 e. The molecule has 1 fully saturated rings. The first-order chi connectivity index (χ1) is 19.7. The van der Waals surface area contributed by atoms with Gasteiger partial charge in [0.05, 0.1) is 11.9 Å². The predicted octanol–water partition coefficient (Wildman–Crippen LogP) is 3.87. The Morgan fingerprint density at radius 2 is 1.76 bits per heavy atom. The van der Waals surface area contributed by atoms with E-state index >= 15 is 0 Å². The van der Waals surface area contributed by atoms with Gasteiger partial charge in [-0.15, -0.1) is 23.1 Å². The average Bonchev–Trinajstić information content (AvgIpc) is 3.59. The summed E-state index contributed by atoms with van der Waals surface area (Å²) in [6, 6.07) is 19.1. The highest BCUT2D eigenvalue weighted by Crippen LogP contribution is 2.40. The number of aryl methyl sites for hydroxylation is 1. The van der Waals surface area contributed by atoms with Gasteiger partial charge in [0.15, 0.2) is 6.10 Å². The van der Waals surface area contributed by atoms with Crippen molar-refractivity contribution in [2.24, 2.45) is 0 Å². The van der Waals surface area contributed by atoms with Crippen LogP contribution in [-0.2, 0) is 29.0 Å². The van der Waals surface area contributed by atoms with E-state index in [1.807, 2.05) is 92.9 Å². The number of benzene rings is 2. The molecule has 8 nitrogen and oxygen atoms in total. The predicted molar refractivity (Wildman–Crippen MR) is 165 cm³/mol. The monoisotopic (exact) mass is 594 g/mol. The lowest BCUT2D eigenvalue weighted by Crippen LogP contribution is -2.59. The zero-order valence-electron chi connectivity index (χ0n) is 23.6. The fourth-order valence-corrected chi connectivity index (χ4v) is 6.77. The minimum atomic E-state index is -1.54. The second kappa shape index (κ2) is 14.0. The van der Waals surface area contributed by atoms with Crippen LogP contribution in [0.1, 0.15) is 35.4 Å². The van der Waals surface area contributed by atoms with E-state index in [-0.39, 0.29) is 18.2 Å². The largest absolute Gasteiger partial charge is 0.381 e. The fraction of sp³-hybridized carbons (Fsp3) is 0.387. The van der Waals surface area contributed by atoms with Gasteiger partial charge in [-0.25, -0.2) is 4.79 Å². The highest BCUT2D eigenvalue weighted by Gasteiger charge is 2.49. The van der Waals surface area contributed by atoms with Crippen LogP contribution in [0.4, 0.5) is 4.79 Å². The highest BCUT2D eigenvalue weighted by molar-refractivity contribution is 8.00. The number of carbonyl (C=O) groups excluding carboxylic acids is 3. The van der Waals surface area contributed by atoms with Gasteiger partial charge in [0.2, 0.25) is 5.91 Å². The Morgan fingerprint density at radius 3 is 2.46 bits per heavy atom. The van der Waals surface area contributed by atoms with Crippen LogP contribution in [0.5, 0.6) is 0 Å². The molecule has 4 N–H and O–H groups in total. The third-order valence-electron chi connectivity index (χ3n) is 7.28. The second-order valence-corrected chi connectivity index (χ2v) is 13.3. The molecule has 0 spiro atoms. The third kappa shape index (κ3) is 8.12. The minimum absolute atomic E-state index is 0.251. The van der Waals surface area contributed by atoms with Gasteiger partial charge in [0.25, 0.3) is 5.91 Å². The first-order valence-electron chi connectivity index (χ1n) is 13.7. The number of amides is 4. The molecule has 10 heteroatoms. The maximum Gasteiger partial charge on any atom is 0.315 e. The van der Waals surface area contributed by atoms with Crippen LogP contribution in [-0.4, -0.2) is 63.2 Å². The van der Waals surface area contributed by atoms with Crippen molar-refractivity contribution in [3.8, 4) is 0 Å². The highest BCUT2D eigenvalue weighted by atomic mass is 32.2. The molecule has 1 aliphatic heterocycles. The molecule has 0 radical (unpaired) electrons. The second-order valence-electron chi connectivity index (χ2n) is 10.7. The standard InChI is InChI=1S/C31H38N4O4S2/c1-21-10-7-8-13-23(21)19-33-28(37)27-31(2,3)41-20-35(27)29(38)26(36)25(18-22-11-5-4-6-12-22)34-30(39)32-16-15-24-14-9-17-40-24/h4-14,17,25-27,36H,15-16,18-20H2,1-3H3,(H,33,37)(H2,32,34,39)/t25-,26-,27+/m0/s1. The van der Waals surface area contributed by atoms with Crippen LogP contribution in [0.3, 0.4) is 0 Å². The maximum absolute atomic E-state index is 13.8. The molecule has 41 heavy (non-hydrogen) atoms. The van der Waals surface area contributed by atoms with Gasteiger partial charge in [0, 0.05) is 22.7 Å². The number of rotatable bonds is 11. The van der Waals surface area contributed by atoms with Crippen molar-refractivity contribution in [3.63, 3.8) is 0 Å². The molecule has 3 atom stereocenters. The zero-order chi connectivity index (χ0) is 29.4. The van der Waals surface area contributed by atoms with Gasteiger partial charge >= 0.3 is 6.03 Å². The maximum atomic E-state index is 13.8. The van der Waals surface area contributed by atoms with E-state index in [4.69, 9.17) is 0 Å². The SMILES string of the molecule is Cc1ccccc1CNC(=O)[C@H]1N(C(=O)[C@@H](O)[C@H](Cc2ccccc2)NC(=O)NCCc2cccs2)CSC1(C)C. The van der Waals surface area contributed by atoms with Crippen LogP contribution in [0.25, 0.3) is 0 Å². The Labute approximate surface area is 249 Å². The number of nitrogens with one attached hydrogen (secondary N) is 3. The van der Waals surface area contributed by atoms with Crippen LogP contribution < -0.4 is 16.0 Å². The summed E-state index contributed by atoms with van der Waals surface area (Å²) >= 11 is 3.11. The summed E-state index contributed by atoms with van der Waals surface area (Å²) in [5, 5.41) is 22.0. The van der Waals surface area contributed by atoms with E-state index in [1.54, 1.807) is 11.3 Å². The van der Waals surface area contributed by atoms with Crippen molar-refractivity contribution in [2.45, 2.75) is 63.1 Å². The van der Waals surface area contributed by atoms with Crippen molar-refractivity contribution < 1.29 is 19.5 Å². The number of aliphatic hydroxyl groups is 1. The molecule has 218 valence electrons. The summed E-state index contributed by atoms with van der Waals surface area (Å²) in [6.07, 6.45) is -0.602. The summed E-state index contributed by atoms with van der Waals surface area (Å²) in [4.78, 5) is 42.6. The van der Waals surface area contributed by atoms with Crippen molar-refractivity contribution in [1.29, 1.82) is 0 Å². The Kier molecular flexibility index (Phi) is 10.5. The van der Waals surface area contributed by atoms with E-state index in [0.29, 0.717) is 19.5 Å². The Bertz CT molecular complexity index is 1320. The van der Waals surface area contributed by atoms with Gasteiger partial charge < -0.3 is 26.0 Å². The fourth-order valence-electron chi connectivity index (χ4n) is 4.93. The summed E-state index contributed by atoms with van der Waals surface area (Å²) in [6.45, 7) is 6.61. The molecule has 0 saturated carbocycles. The van der Waals surface area contributed by atoms with Crippen molar-refractivity contribution in [1.82, 2.24) is 20.9 Å². The van der Waals surface area contributed by atoms with Crippen LogP contribution in [0.2, 0.25) is 0 Å². The van der Waals surface area contributed by atoms with Crippen molar-refractivity contribution in [2.75, 3.05) is 12.4 Å². The number of urea groups is 1. The molecular formula is C31H38N4O4S2. The number of aliphatic hydroxyl groups excluding tert-OH is 1. The van der Waals surface area contributed by atoms with Crippen molar-refractivity contribution in [3.05, 3.63) is 93.7 Å². The molecule has 0 bridgehead atoms. The number of hydrogen-bond acceptors (Lipinski definition) is 6. The van der Waals surface area contributed by atoms with Crippen LogP contribution >= 0.6 is 23.1 Å². The van der Waals surface area contributed by atoms with E-state index in [1.165, 1.54) is 16.7 Å². The lowest BCUT2D eigenvalue weighted by atomic mass is 9.97. The Hall–Kier alpha value is -3.34. The van der Waals surface area contributed by atoms with E-state index < -0.39 is 34.9 Å². The summed E-state index contributed by atoms with van der Waals surface area (Å²) in [5.41, 5.74) is 2.94. The molecule has 1 aliphatic rings. The molecule has 0 unspecified atom stereocenters. The number of nitrogens with zero attached hydrogens (tertiary/aromatic N) is 1. The minimum Gasteiger partial charge on any atom is -0.381 e. The van der Waals surface area contributed by atoms with Gasteiger partial charge in [0.1, 0.15) is 6.04 Å². The molecule has 2 aromatic carbocycles. The van der Waals surface area contributed by atoms with Gasteiger partial charge in [-0.3, -0.25) is 9.59 Å². The van der Waals surface area contributed by atoms with Crippen LogP contribution in [0.15, 0.2) is 72.1 Å². The van der Waals surface area contributed by atoms with E-state index in [2.05, 4.69) is 16.0 Å². The first-order valence-corrected chi connectivity index (χ1v) is 15.6. The van der Waals surface area contributed by atoms with E-state index in [9.17, 15) is 19.5 Å². The molecule has 1 aromatic heterocycles. The van der Waals surface area contributed by atoms with Crippen LogP contribution in [0, 0.1) is 6.92 Å².